The number of aromatic nitrogens is 4. The fourth-order valence-electron chi connectivity index (χ4n) is 4.94. The Morgan fingerprint density at radius 3 is 2.59 bits per heavy atom. The number of aromatic amines is 1. The third kappa shape index (κ3) is 4.14. The van der Waals surface area contributed by atoms with Crippen molar-refractivity contribution in [3.8, 4) is 17.1 Å². The molecule has 1 N–H and O–H groups in total. The molecule has 2 fully saturated rings. The maximum Gasteiger partial charge on any atom is 0.262 e. The first-order chi connectivity index (χ1) is 16.4. The van der Waals surface area contributed by atoms with Gasteiger partial charge in [-0.1, -0.05) is 19.3 Å². The number of aryl methyl sites for hydroxylation is 1. The molecule has 5 rings (SSSR count). The number of hydrogen-bond donors (Lipinski definition) is 1. The van der Waals surface area contributed by atoms with Gasteiger partial charge < -0.3 is 9.72 Å². The number of rotatable bonds is 5. The van der Waals surface area contributed by atoms with Gasteiger partial charge in [0.25, 0.3) is 5.56 Å². The Kier molecular flexibility index (Phi) is 6.43. The lowest BCUT2D eigenvalue weighted by molar-refractivity contribution is 0.413. The van der Waals surface area contributed by atoms with Gasteiger partial charge in [-0.25, -0.2) is 18.1 Å². The number of methoxy groups -OCH3 is 1. The van der Waals surface area contributed by atoms with Crippen molar-refractivity contribution in [1.82, 2.24) is 24.1 Å². The molecule has 0 amide bonds. The monoisotopic (exact) mass is 503 g/mol. The zero-order chi connectivity index (χ0) is 23.9. The number of fused-ring (bicyclic) bond motifs is 1. The van der Waals surface area contributed by atoms with E-state index in [2.05, 4.69) is 10.1 Å². The molecule has 0 unspecified atom stereocenters. The Bertz CT molecular complexity index is 1370. The summed E-state index contributed by atoms with van der Waals surface area (Å²) < 4.78 is 34.9. The summed E-state index contributed by atoms with van der Waals surface area (Å²) in [5.41, 5.74) is 1.63. The third-order valence-electron chi connectivity index (χ3n) is 6.75. The van der Waals surface area contributed by atoms with Crippen molar-refractivity contribution < 1.29 is 13.2 Å². The molecule has 1 aliphatic carbocycles. The largest absolute Gasteiger partial charge is 0.496 e. The van der Waals surface area contributed by atoms with Crippen molar-refractivity contribution in [3.63, 3.8) is 0 Å². The molecule has 1 saturated carbocycles. The van der Waals surface area contributed by atoms with E-state index in [-0.39, 0.29) is 16.4 Å². The summed E-state index contributed by atoms with van der Waals surface area (Å²) in [5.74, 6) is 2.51. The highest BCUT2D eigenvalue weighted by atomic mass is 32.2. The highest BCUT2D eigenvalue weighted by Gasteiger charge is 2.28. The second-order valence-corrected chi connectivity index (χ2v) is 12.0. The molecular weight excluding hydrogens is 474 g/mol. The normalized spacial score (nSPS) is 18.4. The fourth-order valence-corrected chi connectivity index (χ4v) is 7.53. The van der Waals surface area contributed by atoms with Crippen LogP contribution in [0, 0.1) is 0 Å². The summed E-state index contributed by atoms with van der Waals surface area (Å²) in [5, 5.41) is 5.21. The molecule has 11 heteroatoms. The molecule has 2 aliphatic rings. The molecule has 0 atom stereocenters. The lowest BCUT2D eigenvalue weighted by atomic mass is 9.86. The topological polar surface area (TPSA) is 110 Å². The van der Waals surface area contributed by atoms with Gasteiger partial charge in [0.15, 0.2) is 5.65 Å². The van der Waals surface area contributed by atoms with Crippen molar-refractivity contribution in [1.29, 1.82) is 0 Å². The van der Waals surface area contributed by atoms with Crippen LogP contribution in [0.1, 0.15) is 43.7 Å². The van der Waals surface area contributed by atoms with Crippen LogP contribution in [0.5, 0.6) is 5.75 Å². The number of nitrogens with zero attached hydrogens (tertiary/aromatic N) is 4. The van der Waals surface area contributed by atoms with Crippen LogP contribution in [0.3, 0.4) is 0 Å². The second-order valence-electron chi connectivity index (χ2n) is 8.84. The molecule has 182 valence electrons. The maximum absolute atomic E-state index is 13.2. The first kappa shape index (κ1) is 23.4. The van der Waals surface area contributed by atoms with Crippen LogP contribution in [-0.4, -0.2) is 64.2 Å². The zero-order valence-corrected chi connectivity index (χ0v) is 21.0. The second kappa shape index (κ2) is 9.35. The van der Waals surface area contributed by atoms with Crippen molar-refractivity contribution >= 4 is 32.8 Å². The van der Waals surface area contributed by atoms with Crippen molar-refractivity contribution in [3.05, 3.63) is 34.2 Å². The van der Waals surface area contributed by atoms with Gasteiger partial charge in [0.1, 0.15) is 17.0 Å². The summed E-state index contributed by atoms with van der Waals surface area (Å²) in [6, 6.07) is 4.70. The first-order valence-corrected chi connectivity index (χ1v) is 14.2. The average molecular weight is 504 g/mol. The Morgan fingerprint density at radius 2 is 1.88 bits per heavy atom. The lowest BCUT2D eigenvalue weighted by Crippen LogP contribution is -2.37. The number of nitrogens with one attached hydrogen (secondary N) is 1. The lowest BCUT2D eigenvalue weighted by Gasteiger charge is -2.25. The Labute approximate surface area is 203 Å². The van der Waals surface area contributed by atoms with E-state index in [0.29, 0.717) is 41.3 Å². The SMILES string of the molecule is COc1cc(S(=O)(=O)N2CCSCC2)ccc1-c1nc2c(c(C3CCCCC3)nn2C)c(=O)[nH]1. The minimum atomic E-state index is -3.62. The van der Waals surface area contributed by atoms with E-state index in [1.807, 2.05) is 0 Å². The highest BCUT2D eigenvalue weighted by molar-refractivity contribution is 7.99. The molecule has 3 heterocycles. The van der Waals surface area contributed by atoms with Crippen LogP contribution < -0.4 is 10.3 Å². The van der Waals surface area contributed by atoms with Gasteiger partial charge in [-0.05, 0) is 25.0 Å². The number of ether oxygens (including phenoxy) is 1. The number of thioether (sulfide) groups is 1. The van der Waals surface area contributed by atoms with E-state index in [0.717, 1.165) is 42.9 Å². The van der Waals surface area contributed by atoms with Crippen LogP contribution >= 0.6 is 11.8 Å². The molecule has 2 aromatic heterocycles. The summed E-state index contributed by atoms with van der Waals surface area (Å²) in [6.07, 6.45) is 5.59. The number of benzene rings is 1. The summed E-state index contributed by atoms with van der Waals surface area (Å²) >= 11 is 1.75. The molecule has 0 spiro atoms. The Morgan fingerprint density at radius 1 is 1.15 bits per heavy atom. The van der Waals surface area contributed by atoms with Gasteiger partial charge in [0, 0.05) is 43.6 Å². The fraction of sp³-hybridized carbons (Fsp3) is 0.522. The van der Waals surface area contributed by atoms with Gasteiger partial charge in [0.05, 0.1) is 23.3 Å². The summed E-state index contributed by atoms with van der Waals surface area (Å²) in [4.78, 5) is 21.0. The van der Waals surface area contributed by atoms with Crippen LogP contribution in [0.4, 0.5) is 0 Å². The zero-order valence-electron chi connectivity index (χ0n) is 19.4. The molecule has 1 aromatic carbocycles. The average Bonchev–Trinajstić information content (AvgIpc) is 3.21. The molecule has 9 nitrogen and oxygen atoms in total. The summed E-state index contributed by atoms with van der Waals surface area (Å²) in [7, 11) is -0.338. The Hall–Kier alpha value is -2.37. The third-order valence-corrected chi connectivity index (χ3v) is 9.59. The standard InChI is InChI=1S/C23H29N5O4S2/c1-27-22-19(20(26-27)15-6-4-3-5-7-15)23(29)25-21(24-22)17-9-8-16(14-18(17)32-2)34(30,31)28-10-12-33-13-11-28/h8-9,14-15H,3-7,10-13H2,1-2H3,(H,24,25,29). The molecule has 0 bridgehead atoms. The Balaban J connectivity index is 1.56. The predicted molar refractivity (Wildman–Crippen MR) is 133 cm³/mol. The molecular formula is C23H29N5O4S2. The maximum atomic E-state index is 13.2. The van der Waals surface area contributed by atoms with E-state index >= 15 is 0 Å². The van der Waals surface area contributed by atoms with Crippen LogP contribution in [0.2, 0.25) is 0 Å². The van der Waals surface area contributed by atoms with E-state index in [1.54, 1.807) is 35.6 Å². The van der Waals surface area contributed by atoms with Gasteiger partial charge >= 0.3 is 0 Å². The number of hydrogen-bond acceptors (Lipinski definition) is 7. The van der Waals surface area contributed by atoms with Crippen LogP contribution in [0.25, 0.3) is 22.4 Å². The van der Waals surface area contributed by atoms with E-state index in [1.165, 1.54) is 23.9 Å². The predicted octanol–water partition coefficient (Wildman–Crippen LogP) is 3.12. The molecule has 1 aliphatic heterocycles. The van der Waals surface area contributed by atoms with Crippen molar-refractivity contribution in [2.45, 2.75) is 42.9 Å². The van der Waals surface area contributed by atoms with E-state index in [4.69, 9.17) is 9.72 Å². The van der Waals surface area contributed by atoms with Gasteiger partial charge in [-0.15, -0.1) is 0 Å². The van der Waals surface area contributed by atoms with Crippen LogP contribution in [0.15, 0.2) is 27.9 Å². The van der Waals surface area contributed by atoms with Gasteiger partial charge in [-0.3, -0.25) is 4.79 Å². The van der Waals surface area contributed by atoms with Crippen LogP contribution in [-0.2, 0) is 17.1 Å². The summed E-state index contributed by atoms with van der Waals surface area (Å²) in [6.45, 7) is 0.985. The first-order valence-electron chi connectivity index (χ1n) is 11.6. The molecule has 34 heavy (non-hydrogen) atoms. The highest BCUT2D eigenvalue weighted by Crippen LogP contribution is 2.36. The number of H-pyrrole nitrogens is 1. The molecule has 3 aromatic rings. The molecule has 0 radical (unpaired) electrons. The van der Waals surface area contributed by atoms with Crippen molar-refractivity contribution in [2.75, 3.05) is 31.7 Å². The quantitative estimate of drug-likeness (QED) is 0.570. The number of sulfonamides is 1. The molecule has 1 saturated heterocycles. The minimum absolute atomic E-state index is 0.170. The van der Waals surface area contributed by atoms with Gasteiger partial charge in [0.2, 0.25) is 10.0 Å². The van der Waals surface area contributed by atoms with Gasteiger partial charge in [-0.2, -0.15) is 21.2 Å². The van der Waals surface area contributed by atoms with E-state index < -0.39 is 10.0 Å². The smallest absolute Gasteiger partial charge is 0.262 e. The minimum Gasteiger partial charge on any atom is -0.496 e. The van der Waals surface area contributed by atoms with Crippen molar-refractivity contribution in [2.24, 2.45) is 7.05 Å². The van der Waals surface area contributed by atoms with E-state index in [9.17, 15) is 13.2 Å².